The number of aromatic nitrogens is 2. The Labute approximate surface area is 157 Å². The van der Waals surface area contributed by atoms with Crippen molar-refractivity contribution in [1.82, 2.24) is 15.3 Å². The number of anilines is 1. The number of hydrogen-bond donors (Lipinski definition) is 2. The van der Waals surface area contributed by atoms with Gasteiger partial charge in [0.25, 0.3) is 5.91 Å². The fourth-order valence-corrected chi connectivity index (χ4v) is 2.81. The van der Waals surface area contributed by atoms with Gasteiger partial charge in [-0.05, 0) is 30.3 Å². The van der Waals surface area contributed by atoms with E-state index in [1.165, 1.54) is 18.3 Å². The first-order valence-corrected chi connectivity index (χ1v) is 8.06. The number of hydrogen-bond acceptors (Lipinski definition) is 4. The molecule has 0 aliphatic carbocycles. The van der Waals surface area contributed by atoms with Crippen LogP contribution in [0, 0.1) is 0 Å². The second-order valence-electron chi connectivity index (χ2n) is 4.89. The van der Waals surface area contributed by atoms with Crippen LogP contribution in [0.25, 0.3) is 11.0 Å². The summed E-state index contributed by atoms with van der Waals surface area (Å²) in [6, 6.07) is 8.80. The van der Waals surface area contributed by atoms with Crippen LogP contribution in [-0.4, -0.2) is 21.9 Å². The molecule has 0 aliphatic rings. The molecule has 0 radical (unpaired) electrons. The van der Waals surface area contributed by atoms with Crippen LogP contribution in [0.3, 0.4) is 0 Å². The smallest absolute Gasteiger partial charge is 0.291 e. The molecule has 0 unspecified atom stereocenters. The second kappa shape index (κ2) is 7.23. The van der Waals surface area contributed by atoms with Gasteiger partial charge < -0.3 is 0 Å². The van der Waals surface area contributed by atoms with Gasteiger partial charge in [0, 0.05) is 5.02 Å². The zero-order chi connectivity index (χ0) is 18.0. The lowest BCUT2D eigenvalue weighted by molar-refractivity contribution is 0.0967. The number of carbonyl (C=O) groups is 2. The SMILES string of the molecule is O=C(NC(=O)c1c(Cl)cccc1Cl)Nc1cnc2ccc(Cl)cc2n1. The quantitative estimate of drug-likeness (QED) is 0.666. The molecule has 0 aliphatic heterocycles. The first-order valence-electron chi connectivity index (χ1n) is 6.92. The summed E-state index contributed by atoms with van der Waals surface area (Å²) >= 11 is 17.8. The van der Waals surface area contributed by atoms with E-state index >= 15 is 0 Å². The number of benzene rings is 2. The number of nitrogens with zero attached hydrogens (tertiary/aromatic N) is 2. The molecule has 3 aromatic rings. The first-order chi connectivity index (χ1) is 11.9. The number of rotatable bonds is 2. The predicted molar refractivity (Wildman–Crippen MR) is 97.5 cm³/mol. The summed E-state index contributed by atoms with van der Waals surface area (Å²) in [7, 11) is 0. The zero-order valence-electron chi connectivity index (χ0n) is 12.4. The summed E-state index contributed by atoms with van der Waals surface area (Å²) in [5.74, 6) is -0.574. The molecule has 0 bridgehead atoms. The highest BCUT2D eigenvalue weighted by molar-refractivity contribution is 6.40. The van der Waals surface area contributed by atoms with E-state index in [1.54, 1.807) is 24.3 Å². The number of nitrogens with one attached hydrogen (secondary N) is 2. The van der Waals surface area contributed by atoms with Crippen LogP contribution in [0.5, 0.6) is 0 Å². The first kappa shape index (κ1) is 17.4. The van der Waals surface area contributed by atoms with Gasteiger partial charge in [-0.15, -0.1) is 0 Å². The minimum atomic E-state index is -0.795. The van der Waals surface area contributed by atoms with E-state index in [9.17, 15) is 9.59 Å². The van der Waals surface area contributed by atoms with Crippen molar-refractivity contribution in [2.24, 2.45) is 0 Å². The van der Waals surface area contributed by atoms with Crippen LogP contribution in [0.1, 0.15) is 10.4 Å². The maximum absolute atomic E-state index is 12.1. The van der Waals surface area contributed by atoms with Gasteiger partial charge in [-0.3, -0.25) is 20.4 Å². The molecule has 3 amide bonds. The number of amides is 3. The number of urea groups is 1. The average Bonchev–Trinajstić information content (AvgIpc) is 2.54. The lowest BCUT2D eigenvalue weighted by atomic mass is 10.2. The van der Waals surface area contributed by atoms with Gasteiger partial charge in [0.1, 0.15) is 0 Å². The van der Waals surface area contributed by atoms with E-state index in [2.05, 4.69) is 20.6 Å². The lowest BCUT2D eigenvalue weighted by Crippen LogP contribution is -2.35. The summed E-state index contributed by atoms with van der Waals surface area (Å²) < 4.78 is 0. The van der Waals surface area contributed by atoms with Crippen LogP contribution in [0.2, 0.25) is 15.1 Å². The molecule has 0 saturated heterocycles. The van der Waals surface area contributed by atoms with Crippen LogP contribution in [0.15, 0.2) is 42.6 Å². The standard InChI is InChI=1S/C16H9Cl3N4O2/c17-8-4-5-11-12(6-8)21-13(7-20-11)22-16(25)23-15(24)14-9(18)2-1-3-10(14)19/h1-7H,(H2,21,22,23,24,25). The zero-order valence-corrected chi connectivity index (χ0v) is 14.7. The van der Waals surface area contributed by atoms with Crippen molar-refractivity contribution in [2.45, 2.75) is 0 Å². The predicted octanol–water partition coefficient (Wildman–Crippen LogP) is 4.55. The lowest BCUT2D eigenvalue weighted by Gasteiger charge is -2.09. The molecular weight excluding hydrogens is 387 g/mol. The van der Waals surface area contributed by atoms with Crippen molar-refractivity contribution in [2.75, 3.05) is 5.32 Å². The Balaban J connectivity index is 1.75. The second-order valence-corrected chi connectivity index (χ2v) is 6.14. The van der Waals surface area contributed by atoms with Crippen molar-refractivity contribution in [3.63, 3.8) is 0 Å². The van der Waals surface area contributed by atoms with Gasteiger partial charge in [-0.1, -0.05) is 40.9 Å². The molecule has 0 spiro atoms. The van der Waals surface area contributed by atoms with Crippen molar-refractivity contribution < 1.29 is 9.59 Å². The fraction of sp³-hybridized carbons (Fsp3) is 0. The van der Waals surface area contributed by atoms with Crippen molar-refractivity contribution in [1.29, 1.82) is 0 Å². The number of halogens is 3. The third-order valence-corrected chi connectivity index (χ3v) is 4.03. The van der Waals surface area contributed by atoms with Gasteiger partial charge in [-0.25, -0.2) is 9.78 Å². The number of fused-ring (bicyclic) bond motifs is 1. The normalized spacial score (nSPS) is 10.5. The van der Waals surface area contributed by atoms with Gasteiger partial charge in [-0.2, -0.15) is 0 Å². The Morgan fingerprint density at radius 3 is 2.40 bits per heavy atom. The Morgan fingerprint density at radius 1 is 0.960 bits per heavy atom. The Bertz CT molecular complexity index is 974. The highest BCUT2D eigenvalue weighted by Crippen LogP contribution is 2.24. The maximum Gasteiger partial charge on any atom is 0.327 e. The van der Waals surface area contributed by atoms with Gasteiger partial charge in [0.05, 0.1) is 32.8 Å². The molecule has 1 heterocycles. The molecule has 3 rings (SSSR count). The molecule has 1 aromatic heterocycles. The molecule has 126 valence electrons. The molecule has 25 heavy (non-hydrogen) atoms. The van der Waals surface area contributed by atoms with Gasteiger partial charge in [0.2, 0.25) is 0 Å². The van der Waals surface area contributed by atoms with Crippen molar-refractivity contribution in [3.8, 4) is 0 Å². The largest absolute Gasteiger partial charge is 0.327 e. The summed E-state index contributed by atoms with van der Waals surface area (Å²) in [5.41, 5.74) is 1.14. The van der Waals surface area contributed by atoms with Crippen LogP contribution in [-0.2, 0) is 0 Å². The highest BCUT2D eigenvalue weighted by Gasteiger charge is 2.17. The minimum Gasteiger partial charge on any atom is -0.291 e. The third kappa shape index (κ3) is 3.99. The van der Waals surface area contributed by atoms with E-state index in [-0.39, 0.29) is 21.4 Å². The highest BCUT2D eigenvalue weighted by atomic mass is 35.5. The molecule has 0 fully saturated rings. The van der Waals surface area contributed by atoms with Crippen LogP contribution in [0.4, 0.5) is 10.6 Å². The number of imide groups is 1. The molecule has 0 atom stereocenters. The summed E-state index contributed by atoms with van der Waals surface area (Å²) in [6.45, 7) is 0. The molecule has 2 N–H and O–H groups in total. The fourth-order valence-electron chi connectivity index (χ4n) is 2.07. The van der Waals surface area contributed by atoms with Crippen LogP contribution < -0.4 is 10.6 Å². The van der Waals surface area contributed by atoms with E-state index in [4.69, 9.17) is 34.8 Å². The molecule has 9 heteroatoms. The Kier molecular flexibility index (Phi) is 5.03. The third-order valence-electron chi connectivity index (χ3n) is 3.16. The summed E-state index contributed by atoms with van der Waals surface area (Å²) in [4.78, 5) is 32.5. The average molecular weight is 396 g/mol. The van der Waals surface area contributed by atoms with Crippen molar-refractivity contribution in [3.05, 3.63) is 63.2 Å². The Hall–Kier alpha value is -2.41. The van der Waals surface area contributed by atoms with Crippen molar-refractivity contribution >= 4 is 63.6 Å². The van der Waals surface area contributed by atoms with E-state index < -0.39 is 11.9 Å². The van der Waals surface area contributed by atoms with E-state index in [0.29, 0.717) is 16.1 Å². The van der Waals surface area contributed by atoms with Gasteiger partial charge >= 0.3 is 6.03 Å². The number of carbonyl (C=O) groups excluding carboxylic acids is 2. The monoisotopic (exact) mass is 394 g/mol. The topological polar surface area (TPSA) is 84.0 Å². The van der Waals surface area contributed by atoms with E-state index in [1.807, 2.05) is 0 Å². The molecule has 0 saturated carbocycles. The van der Waals surface area contributed by atoms with Crippen LogP contribution >= 0.6 is 34.8 Å². The summed E-state index contributed by atoms with van der Waals surface area (Å²) in [5, 5.41) is 5.32. The Morgan fingerprint density at radius 2 is 1.68 bits per heavy atom. The van der Waals surface area contributed by atoms with E-state index in [0.717, 1.165) is 0 Å². The minimum absolute atomic E-state index is 0.0114. The molecule has 6 nitrogen and oxygen atoms in total. The molecular formula is C16H9Cl3N4O2. The molecule has 2 aromatic carbocycles. The summed E-state index contributed by atoms with van der Waals surface area (Å²) in [6.07, 6.45) is 1.36. The maximum atomic E-state index is 12.1. The van der Waals surface area contributed by atoms with Gasteiger partial charge in [0.15, 0.2) is 5.82 Å².